The largest absolute Gasteiger partial charge is 0.467 e. The molecule has 0 aliphatic carbocycles. The molecule has 5 nitrogen and oxygen atoms in total. The number of carbonyl (C=O) groups is 2. The normalized spacial score (nSPS) is 14.8. The van der Waals surface area contributed by atoms with E-state index in [4.69, 9.17) is 16.0 Å². The number of rotatable bonds is 4. The van der Waals surface area contributed by atoms with Gasteiger partial charge in [0.05, 0.1) is 18.5 Å². The number of benzene rings is 1. The number of hydrogen-bond acceptors (Lipinski definition) is 4. The first-order chi connectivity index (χ1) is 11.0. The minimum Gasteiger partial charge on any atom is -0.467 e. The Morgan fingerprint density at radius 1 is 1.13 bits per heavy atom. The number of carbonyl (C=O) groups excluding carboxylic acids is 2. The molecule has 0 radical (unpaired) electrons. The Kier molecular flexibility index (Phi) is 3.96. The van der Waals surface area contributed by atoms with E-state index >= 15 is 0 Å². The van der Waals surface area contributed by atoms with Crippen molar-refractivity contribution in [3.05, 3.63) is 64.2 Å². The van der Waals surface area contributed by atoms with Gasteiger partial charge in [0.1, 0.15) is 16.5 Å². The molecule has 0 fully saturated rings. The van der Waals surface area contributed by atoms with E-state index < -0.39 is 11.8 Å². The van der Waals surface area contributed by atoms with E-state index in [0.717, 1.165) is 16.0 Å². The van der Waals surface area contributed by atoms with Crippen LogP contribution in [0.5, 0.6) is 0 Å². The van der Waals surface area contributed by atoms with Crippen LogP contribution in [-0.4, -0.2) is 11.8 Å². The highest BCUT2D eigenvalue weighted by molar-refractivity contribution is 6.52. The molecule has 0 saturated heterocycles. The summed E-state index contributed by atoms with van der Waals surface area (Å²) in [4.78, 5) is 26.1. The summed E-state index contributed by atoms with van der Waals surface area (Å²) in [6.07, 6.45) is 1.54. The van der Waals surface area contributed by atoms with Gasteiger partial charge >= 0.3 is 0 Å². The molecular formula is C17H15ClN2O3. The Labute approximate surface area is 138 Å². The van der Waals surface area contributed by atoms with Crippen molar-refractivity contribution in [1.29, 1.82) is 0 Å². The lowest BCUT2D eigenvalue weighted by atomic mass is 10.1. The third-order valence-corrected chi connectivity index (χ3v) is 4.21. The van der Waals surface area contributed by atoms with Gasteiger partial charge in [0, 0.05) is 0 Å². The number of aryl methyl sites for hydroxylation is 1. The number of furan rings is 1. The lowest BCUT2D eigenvalue weighted by Crippen LogP contribution is -2.34. The molecule has 1 N–H and O–H groups in total. The van der Waals surface area contributed by atoms with Gasteiger partial charge < -0.3 is 9.73 Å². The molecule has 23 heavy (non-hydrogen) atoms. The molecule has 0 spiro atoms. The number of halogens is 1. The minimum absolute atomic E-state index is 0.0916. The summed E-state index contributed by atoms with van der Waals surface area (Å²) in [7, 11) is 0. The average Bonchev–Trinajstić information content (AvgIpc) is 3.11. The fourth-order valence-electron chi connectivity index (χ4n) is 2.44. The van der Waals surface area contributed by atoms with Crippen molar-refractivity contribution in [2.24, 2.45) is 0 Å². The van der Waals surface area contributed by atoms with E-state index in [-0.39, 0.29) is 17.3 Å². The van der Waals surface area contributed by atoms with E-state index in [1.807, 2.05) is 19.9 Å². The van der Waals surface area contributed by atoms with Crippen LogP contribution in [0.3, 0.4) is 0 Å². The highest BCUT2D eigenvalue weighted by atomic mass is 35.5. The van der Waals surface area contributed by atoms with Crippen LogP contribution >= 0.6 is 11.6 Å². The zero-order chi connectivity index (χ0) is 16.6. The summed E-state index contributed by atoms with van der Waals surface area (Å²) in [5.74, 6) is -0.333. The van der Waals surface area contributed by atoms with E-state index in [1.54, 1.807) is 24.3 Å². The molecule has 0 saturated carbocycles. The third-order valence-electron chi connectivity index (χ3n) is 3.86. The predicted molar refractivity (Wildman–Crippen MR) is 86.8 cm³/mol. The van der Waals surface area contributed by atoms with Crippen LogP contribution in [-0.2, 0) is 16.1 Å². The molecular weight excluding hydrogens is 316 g/mol. The van der Waals surface area contributed by atoms with Crippen LogP contribution in [0.2, 0.25) is 0 Å². The van der Waals surface area contributed by atoms with E-state index in [2.05, 4.69) is 5.32 Å². The first kappa shape index (κ1) is 15.4. The van der Waals surface area contributed by atoms with Crippen molar-refractivity contribution in [3.8, 4) is 0 Å². The molecule has 2 heterocycles. The molecule has 6 heteroatoms. The maximum absolute atomic E-state index is 12.6. The highest BCUT2D eigenvalue weighted by Gasteiger charge is 2.39. The fourth-order valence-corrected chi connectivity index (χ4v) is 2.67. The molecule has 0 atom stereocenters. The molecule has 0 unspecified atom stereocenters. The summed E-state index contributed by atoms with van der Waals surface area (Å²) < 4.78 is 5.20. The lowest BCUT2D eigenvalue weighted by molar-refractivity contribution is -0.120. The van der Waals surface area contributed by atoms with Crippen LogP contribution < -0.4 is 10.2 Å². The maximum Gasteiger partial charge on any atom is 0.283 e. The van der Waals surface area contributed by atoms with Crippen molar-refractivity contribution in [2.45, 2.75) is 20.4 Å². The number of nitrogens with one attached hydrogen (secondary N) is 1. The molecule has 1 aromatic carbocycles. The van der Waals surface area contributed by atoms with Crippen LogP contribution in [0.4, 0.5) is 5.69 Å². The summed E-state index contributed by atoms with van der Waals surface area (Å²) in [6, 6.07) is 8.98. The van der Waals surface area contributed by atoms with E-state index in [0.29, 0.717) is 11.4 Å². The molecule has 3 rings (SSSR count). The Morgan fingerprint density at radius 2 is 1.91 bits per heavy atom. The van der Waals surface area contributed by atoms with Crippen LogP contribution in [0.1, 0.15) is 16.9 Å². The topological polar surface area (TPSA) is 62.6 Å². The molecule has 1 aliphatic heterocycles. The van der Waals surface area contributed by atoms with Gasteiger partial charge in [-0.05, 0) is 43.2 Å². The van der Waals surface area contributed by atoms with Crippen molar-refractivity contribution >= 4 is 29.1 Å². The van der Waals surface area contributed by atoms with Crippen LogP contribution in [0, 0.1) is 13.8 Å². The number of imide groups is 1. The van der Waals surface area contributed by atoms with E-state index in [1.165, 1.54) is 6.26 Å². The lowest BCUT2D eigenvalue weighted by Gasteiger charge is -2.18. The molecule has 118 valence electrons. The van der Waals surface area contributed by atoms with Crippen LogP contribution in [0.25, 0.3) is 0 Å². The van der Waals surface area contributed by atoms with Gasteiger partial charge in [0.15, 0.2) is 0 Å². The second-order valence-corrected chi connectivity index (χ2v) is 5.66. The van der Waals surface area contributed by atoms with Gasteiger partial charge in [-0.1, -0.05) is 23.7 Å². The fraction of sp³-hybridized carbons (Fsp3) is 0.176. The zero-order valence-electron chi connectivity index (χ0n) is 12.7. The molecule has 1 aliphatic rings. The van der Waals surface area contributed by atoms with Gasteiger partial charge in [-0.2, -0.15) is 0 Å². The van der Waals surface area contributed by atoms with Gasteiger partial charge in [-0.25, -0.2) is 4.90 Å². The Bertz CT molecular complexity index is 809. The quantitative estimate of drug-likeness (QED) is 0.875. The van der Waals surface area contributed by atoms with Gasteiger partial charge in [0.2, 0.25) is 0 Å². The standard InChI is InChI=1S/C17H15ClN2O3/c1-10-5-3-7-13(11(10)2)20-16(21)14(18)15(17(20)22)19-9-12-6-4-8-23-12/h3-8,19H,9H2,1-2H3. The second-order valence-electron chi connectivity index (χ2n) is 5.29. The summed E-state index contributed by atoms with van der Waals surface area (Å²) in [6.45, 7) is 4.07. The third kappa shape index (κ3) is 2.64. The van der Waals surface area contributed by atoms with Gasteiger partial charge in [0.25, 0.3) is 11.8 Å². The minimum atomic E-state index is -0.521. The first-order valence-electron chi connectivity index (χ1n) is 7.11. The molecule has 2 amide bonds. The summed E-state index contributed by atoms with van der Waals surface area (Å²) in [5, 5.41) is 2.78. The maximum atomic E-state index is 12.6. The van der Waals surface area contributed by atoms with Crippen molar-refractivity contribution in [2.75, 3.05) is 4.90 Å². The Morgan fingerprint density at radius 3 is 2.61 bits per heavy atom. The number of nitrogens with zero attached hydrogens (tertiary/aromatic N) is 1. The summed E-state index contributed by atoms with van der Waals surface area (Å²) >= 11 is 6.07. The van der Waals surface area contributed by atoms with Gasteiger partial charge in [-0.15, -0.1) is 0 Å². The molecule has 2 aromatic rings. The van der Waals surface area contributed by atoms with Crippen molar-refractivity contribution in [3.63, 3.8) is 0 Å². The Balaban J connectivity index is 1.88. The van der Waals surface area contributed by atoms with Crippen LogP contribution in [0.15, 0.2) is 51.7 Å². The number of hydrogen-bond donors (Lipinski definition) is 1. The molecule has 0 bridgehead atoms. The number of amides is 2. The first-order valence-corrected chi connectivity index (χ1v) is 7.49. The summed E-state index contributed by atoms with van der Waals surface area (Å²) in [5.41, 5.74) is 2.50. The van der Waals surface area contributed by atoms with E-state index in [9.17, 15) is 9.59 Å². The van der Waals surface area contributed by atoms with Gasteiger partial charge in [-0.3, -0.25) is 9.59 Å². The average molecular weight is 331 g/mol. The van der Waals surface area contributed by atoms with Crippen molar-refractivity contribution < 1.29 is 14.0 Å². The Hall–Kier alpha value is -2.53. The van der Waals surface area contributed by atoms with Crippen molar-refractivity contribution in [1.82, 2.24) is 5.32 Å². The molecule has 1 aromatic heterocycles. The number of anilines is 1. The highest BCUT2D eigenvalue weighted by Crippen LogP contribution is 2.31. The predicted octanol–water partition coefficient (Wildman–Crippen LogP) is 3.01. The second kappa shape index (κ2) is 5.93. The monoisotopic (exact) mass is 330 g/mol. The smallest absolute Gasteiger partial charge is 0.283 e. The zero-order valence-corrected chi connectivity index (χ0v) is 13.5. The SMILES string of the molecule is Cc1cccc(N2C(=O)C(Cl)=C(NCc3ccco3)C2=O)c1C.